The van der Waals surface area contributed by atoms with Gasteiger partial charge in [-0.25, -0.2) is 9.78 Å². The number of aromatic nitrogens is 4. The third kappa shape index (κ3) is 2.35. The Morgan fingerprint density at radius 3 is 2.89 bits per heavy atom. The van der Waals surface area contributed by atoms with Gasteiger partial charge in [0.15, 0.2) is 5.82 Å². The number of hydrogen-bond acceptors (Lipinski definition) is 5. The summed E-state index contributed by atoms with van der Waals surface area (Å²) in [6.07, 6.45) is 4.59. The molecule has 19 heavy (non-hydrogen) atoms. The van der Waals surface area contributed by atoms with Gasteiger partial charge < -0.3 is 10.4 Å². The summed E-state index contributed by atoms with van der Waals surface area (Å²) in [7, 11) is 0. The Balaban J connectivity index is 2.42. The molecule has 0 aliphatic heterocycles. The molecule has 2 aromatic rings. The predicted octanol–water partition coefficient (Wildman–Crippen LogP) is 1.49. The Labute approximate surface area is 110 Å². The van der Waals surface area contributed by atoms with Gasteiger partial charge in [-0.1, -0.05) is 13.3 Å². The topological polar surface area (TPSA) is 92.4 Å². The first-order chi connectivity index (χ1) is 8.98. The second-order valence-electron chi connectivity index (χ2n) is 4.73. The Morgan fingerprint density at radius 1 is 1.53 bits per heavy atom. The second kappa shape index (κ2) is 4.83. The Bertz CT molecular complexity index is 609. The van der Waals surface area contributed by atoms with Gasteiger partial charge in [0, 0.05) is 12.4 Å². The van der Waals surface area contributed by atoms with E-state index in [-0.39, 0.29) is 0 Å². The van der Waals surface area contributed by atoms with E-state index in [2.05, 4.69) is 20.5 Å². The lowest BCUT2D eigenvalue weighted by Gasteiger charge is -2.26. The fraction of sp³-hybridized carbons (Fsp3) is 0.500. The molecule has 0 aliphatic carbocycles. The predicted molar refractivity (Wildman–Crippen MR) is 70.1 cm³/mol. The molecular formula is C12H17N5O2. The summed E-state index contributed by atoms with van der Waals surface area (Å²) in [4.78, 5) is 15.6. The van der Waals surface area contributed by atoms with Gasteiger partial charge in [0.1, 0.15) is 11.4 Å². The lowest BCUT2D eigenvalue weighted by atomic mass is 9.96. The van der Waals surface area contributed by atoms with Crippen molar-refractivity contribution in [1.29, 1.82) is 0 Å². The van der Waals surface area contributed by atoms with Crippen LogP contribution in [-0.2, 0) is 4.79 Å². The van der Waals surface area contributed by atoms with E-state index < -0.39 is 11.5 Å². The van der Waals surface area contributed by atoms with Crippen LogP contribution in [0.1, 0.15) is 32.5 Å². The number of anilines is 1. The SMILES string of the molecule is CCCC(C)(Nc1nccn2c(C)nnc12)C(=O)O. The number of nitrogens with zero attached hydrogens (tertiary/aromatic N) is 4. The average Bonchev–Trinajstić information content (AvgIpc) is 2.73. The molecule has 0 amide bonds. The van der Waals surface area contributed by atoms with Crippen LogP contribution in [0.4, 0.5) is 5.82 Å². The van der Waals surface area contributed by atoms with Crippen molar-refractivity contribution >= 4 is 17.4 Å². The first kappa shape index (κ1) is 13.3. The average molecular weight is 263 g/mol. The van der Waals surface area contributed by atoms with Crippen molar-refractivity contribution in [3.63, 3.8) is 0 Å². The highest BCUT2D eigenvalue weighted by Gasteiger charge is 2.33. The minimum absolute atomic E-state index is 0.432. The normalized spacial score (nSPS) is 14.3. The van der Waals surface area contributed by atoms with Crippen LogP contribution in [0.5, 0.6) is 0 Å². The highest BCUT2D eigenvalue weighted by atomic mass is 16.4. The fourth-order valence-electron chi connectivity index (χ4n) is 2.01. The lowest BCUT2D eigenvalue weighted by molar-refractivity contribution is -0.142. The van der Waals surface area contributed by atoms with E-state index in [0.29, 0.717) is 17.9 Å². The molecule has 0 saturated carbocycles. The standard InChI is InChI=1S/C12H17N5O2/c1-4-5-12(3,11(18)19)14-9-10-16-15-8(2)17(10)7-6-13-9/h6-7H,4-5H2,1-3H3,(H,13,14)(H,18,19). The summed E-state index contributed by atoms with van der Waals surface area (Å²) in [5.41, 5.74) is -0.535. The summed E-state index contributed by atoms with van der Waals surface area (Å²) < 4.78 is 1.77. The third-order valence-corrected chi connectivity index (χ3v) is 3.11. The van der Waals surface area contributed by atoms with Gasteiger partial charge in [-0.2, -0.15) is 0 Å². The number of aliphatic carboxylic acids is 1. The molecule has 102 valence electrons. The second-order valence-corrected chi connectivity index (χ2v) is 4.73. The van der Waals surface area contributed by atoms with Gasteiger partial charge >= 0.3 is 5.97 Å². The third-order valence-electron chi connectivity index (χ3n) is 3.11. The molecule has 0 bridgehead atoms. The zero-order valence-electron chi connectivity index (χ0n) is 11.2. The number of nitrogens with one attached hydrogen (secondary N) is 1. The number of carbonyl (C=O) groups is 1. The summed E-state index contributed by atoms with van der Waals surface area (Å²) in [5, 5.41) is 20.3. The molecule has 0 fully saturated rings. The van der Waals surface area contributed by atoms with Crippen LogP contribution >= 0.6 is 0 Å². The van der Waals surface area contributed by atoms with Crippen LogP contribution in [0.3, 0.4) is 0 Å². The van der Waals surface area contributed by atoms with Crippen LogP contribution < -0.4 is 5.32 Å². The molecule has 7 nitrogen and oxygen atoms in total. The molecule has 0 saturated heterocycles. The molecule has 0 aromatic carbocycles. The summed E-state index contributed by atoms with van der Waals surface area (Å²) >= 11 is 0. The van der Waals surface area contributed by atoms with E-state index in [0.717, 1.165) is 12.2 Å². The number of fused-ring (bicyclic) bond motifs is 1. The number of rotatable bonds is 5. The molecule has 7 heteroatoms. The van der Waals surface area contributed by atoms with E-state index in [1.807, 2.05) is 13.8 Å². The van der Waals surface area contributed by atoms with Crippen LogP contribution in [0.2, 0.25) is 0 Å². The van der Waals surface area contributed by atoms with Gasteiger partial charge in [0.2, 0.25) is 5.65 Å². The highest BCUT2D eigenvalue weighted by Crippen LogP contribution is 2.21. The Kier molecular flexibility index (Phi) is 3.37. The maximum absolute atomic E-state index is 11.4. The maximum atomic E-state index is 11.4. The molecule has 1 atom stereocenters. The smallest absolute Gasteiger partial charge is 0.329 e. The quantitative estimate of drug-likeness (QED) is 0.849. The van der Waals surface area contributed by atoms with Crippen molar-refractivity contribution in [1.82, 2.24) is 19.6 Å². The van der Waals surface area contributed by atoms with Crippen molar-refractivity contribution in [2.75, 3.05) is 5.32 Å². The van der Waals surface area contributed by atoms with Gasteiger partial charge in [-0.05, 0) is 20.3 Å². The van der Waals surface area contributed by atoms with Crippen LogP contribution in [0.15, 0.2) is 12.4 Å². The zero-order chi connectivity index (χ0) is 14.0. The number of aryl methyl sites for hydroxylation is 1. The van der Waals surface area contributed by atoms with E-state index in [4.69, 9.17) is 0 Å². The van der Waals surface area contributed by atoms with Crippen LogP contribution in [0, 0.1) is 6.92 Å². The highest BCUT2D eigenvalue weighted by molar-refractivity contribution is 5.83. The van der Waals surface area contributed by atoms with Crippen molar-refractivity contribution in [3.8, 4) is 0 Å². The molecule has 0 radical (unpaired) electrons. The largest absolute Gasteiger partial charge is 0.480 e. The summed E-state index contributed by atoms with van der Waals surface area (Å²) in [5.74, 6) is 0.254. The lowest BCUT2D eigenvalue weighted by Crippen LogP contribution is -2.43. The van der Waals surface area contributed by atoms with Crippen molar-refractivity contribution in [2.24, 2.45) is 0 Å². The van der Waals surface area contributed by atoms with E-state index in [1.54, 1.807) is 23.7 Å². The fourth-order valence-corrected chi connectivity index (χ4v) is 2.01. The summed E-state index contributed by atoms with van der Waals surface area (Å²) in [6, 6.07) is 0. The molecule has 2 rings (SSSR count). The number of carboxylic acid groups (broad SMARTS) is 1. The van der Waals surface area contributed by atoms with E-state index >= 15 is 0 Å². The monoisotopic (exact) mass is 263 g/mol. The van der Waals surface area contributed by atoms with Crippen molar-refractivity contribution in [2.45, 2.75) is 39.2 Å². The Hall–Kier alpha value is -2.18. The molecule has 0 aliphatic rings. The van der Waals surface area contributed by atoms with Gasteiger partial charge in [-0.15, -0.1) is 10.2 Å². The molecule has 2 heterocycles. The zero-order valence-corrected chi connectivity index (χ0v) is 11.2. The number of carboxylic acids is 1. The molecule has 1 unspecified atom stereocenters. The van der Waals surface area contributed by atoms with Gasteiger partial charge in [0.05, 0.1) is 0 Å². The van der Waals surface area contributed by atoms with E-state index in [9.17, 15) is 9.90 Å². The van der Waals surface area contributed by atoms with Crippen LogP contribution in [-0.4, -0.2) is 36.2 Å². The minimum Gasteiger partial charge on any atom is -0.480 e. The van der Waals surface area contributed by atoms with Crippen molar-refractivity contribution < 1.29 is 9.90 Å². The van der Waals surface area contributed by atoms with Crippen molar-refractivity contribution in [3.05, 3.63) is 18.2 Å². The van der Waals surface area contributed by atoms with Gasteiger partial charge in [-0.3, -0.25) is 4.40 Å². The maximum Gasteiger partial charge on any atom is 0.329 e. The Morgan fingerprint density at radius 2 is 2.26 bits per heavy atom. The van der Waals surface area contributed by atoms with Crippen LogP contribution in [0.25, 0.3) is 5.65 Å². The first-order valence-corrected chi connectivity index (χ1v) is 6.16. The molecule has 0 spiro atoms. The number of hydrogen-bond donors (Lipinski definition) is 2. The molecule has 2 N–H and O–H groups in total. The first-order valence-electron chi connectivity index (χ1n) is 6.16. The minimum atomic E-state index is -1.07. The molecular weight excluding hydrogens is 246 g/mol. The summed E-state index contributed by atoms with van der Waals surface area (Å²) in [6.45, 7) is 5.41. The molecule has 2 aromatic heterocycles. The van der Waals surface area contributed by atoms with Gasteiger partial charge in [0.25, 0.3) is 0 Å². The van der Waals surface area contributed by atoms with E-state index in [1.165, 1.54) is 0 Å².